The van der Waals surface area contributed by atoms with Crippen LogP contribution < -0.4 is 16.0 Å². The molecule has 0 aliphatic heterocycles. The molecule has 0 atom stereocenters. The number of rotatable bonds is 7. The lowest BCUT2D eigenvalue weighted by atomic mass is 10.2. The van der Waals surface area contributed by atoms with Crippen LogP contribution in [0.1, 0.15) is 12.5 Å². The van der Waals surface area contributed by atoms with Crippen molar-refractivity contribution in [1.82, 2.24) is 15.6 Å². The topological polar surface area (TPSA) is 61.3 Å². The van der Waals surface area contributed by atoms with E-state index >= 15 is 0 Å². The summed E-state index contributed by atoms with van der Waals surface area (Å²) in [7, 11) is 0. The number of alkyl halides is 3. The van der Waals surface area contributed by atoms with E-state index in [-0.39, 0.29) is 36.3 Å². The van der Waals surface area contributed by atoms with Gasteiger partial charge < -0.3 is 16.0 Å². The Kier molecular flexibility index (Phi) is 10.4. The van der Waals surface area contributed by atoms with Gasteiger partial charge in [0.2, 0.25) is 0 Å². The van der Waals surface area contributed by atoms with Crippen LogP contribution in [0.2, 0.25) is 0 Å². The zero-order valence-electron chi connectivity index (χ0n) is 12.8. The summed E-state index contributed by atoms with van der Waals surface area (Å²) in [5, 5.41) is 8.68. The molecule has 0 aliphatic carbocycles. The van der Waals surface area contributed by atoms with Gasteiger partial charge in [0.1, 0.15) is 5.82 Å². The molecule has 5 nitrogen and oxygen atoms in total. The van der Waals surface area contributed by atoms with Crippen molar-refractivity contribution in [2.75, 3.05) is 31.5 Å². The van der Waals surface area contributed by atoms with Crippen LogP contribution in [0.4, 0.5) is 19.0 Å². The lowest BCUT2D eigenvalue weighted by molar-refractivity contribution is -0.137. The molecule has 1 aromatic heterocycles. The Morgan fingerprint density at radius 2 is 2.13 bits per heavy atom. The summed E-state index contributed by atoms with van der Waals surface area (Å²) in [5.41, 5.74) is -0.782. The van der Waals surface area contributed by atoms with Crippen molar-refractivity contribution in [3.63, 3.8) is 0 Å². The number of nitrogens with zero attached hydrogens (tertiary/aromatic N) is 2. The zero-order chi connectivity index (χ0) is 16.4. The number of anilines is 1. The Labute approximate surface area is 150 Å². The van der Waals surface area contributed by atoms with E-state index in [0.717, 1.165) is 6.07 Å². The van der Waals surface area contributed by atoms with Crippen molar-refractivity contribution in [2.24, 2.45) is 4.99 Å². The molecule has 130 valence electrons. The molecule has 0 saturated carbocycles. The van der Waals surface area contributed by atoms with E-state index in [4.69, 9.17) is 0 Å². The molecule has 23 heavy (non-hydrogen) atoms. The van der Waals surface area contributed by atoms with Crippen molar-refractivity contribution < 1.29 is 13.2 Å². The predicted octanol–water partition coefficient (Wildman–Crippen LogP) is 2.87. The normalized spacial score (nSPS) is 11.4. The minimum atomic E-state index is -4.43. The van der Waals surface area contributed by atoms with Gasteiger partial charge in [-0.3, -0.25) is 4.99 Å². The minimum Gasteiger partial charge on any atom is -0.368 e. The number of aromatic nitrogens is 1. The zero-order valence-corrected chi connectivity index (χ0v) is 15.1. The Morgan fingerprint density at radius 3 is 2.74 bits per heavy atom. The van der Waals surface area contributed by atoms with Gasteiger partial charge in [-0.25, -0.2) is 4.98 Å². The fourth-order valence-electron chi connectivity index (χ4n) is 1.63. The van der Waals surface area contributed by atoms with Crippen LogP contribution in [0.15, 0.2) is 36.0 Å². The molecule has 0 radical (unpaired) electrons. The molecule has 3 N–H and O–H groups in total. The molecule has 9 heteroatoms. The number of pyridine rings is 1. The summed E-state index contributed by atoms with van der Waals surface area (Å²) in [6.07, 6.45) is -1.43. The van der Waals surface area contributed by atoms with Crippen LogP contribution in [0, 0.1) is 0 Å². The lowest BCUT2D eigenvalue weighted by Gasteiger charge is -2.13. The monoisotopic (exact) mass is 443 g/mol. The first-order chi connectivity index (χ1) is 10.5. The molecule has 0 aliphatic rings. The highest BCUT2D eigenvalue weighted by Gasteiger charge is 2.33. The van der Waals surface area contributed by atoms with Crippen LogP contribution in [0.5, 0.6) is 0 Å². The molecule has 0 spiro atoms. The third-order valence-corrected chi connectivity index (χ3v) is 2.55. The second kappa shape index (κ2) is 11.1. The second-order valence-electron chi connectivity index (χ2n) is 4.25. The SMILES string of the molecule is C=CCNC(=NCCNc1ncccc1C(F)(F)F)NCC.I. The highest BCUT2D eigenvalue weighted by molar-refractivity contribution is 14.0. The molecular formula is C14H21F3IN5. The van der Waals surface area contributed by atoms with Crippen molar-refractivity contribution in [3.05, 3.63) is 36.5 Å². The van der Waals surface area contributed by atoms with E-state index in [1.807, 2.05) is 6.92 Å². The average molecular weight is 443 g/mol. The summed E-state index contributed by atoms with van der Waals surface area (Å²) >= 11 is 0. The van der Waals surface area contributed by atoms with Gasteiger partial charge in [0, 0.05) is 25.8 Å². The first-order valence-electron chi connectivity index (χ1n) is 6.88. The maximum absolute atomic E-state index is 12.8. The summed E-state index contributed by atoms with van der Waals surface area (Å²) in [6.45, 7) is 7.30. The van der Waals surface area contributed by atoms with E-state index in [2.05, 4.69) is 32.5 Å². The third-order valence-electron chi connectivity index (χ3n) is 2.55. The van der Waals surface area contributed by atoms with E-state index < -0.39 is 11.7 Å². The average Bonchev–Trinajstić information content (AvgIpc) is 2.48. The molecule has 1 heterocycles. The van der Waals surface area contributed by atoms with Crippen LogP contribution in [-0.2, 0) is 6.18 Å². The highest BCUT2D eigenvalue weighted by Crippen LogP contribution is 2.33. The molecular weight excluding hydrogens is 422 g/mol. The van der Waals surface area contributed by atoms with E-state index in [1.165, 1.54) is 12.3 Å². The quantitative estimate of drug-likeness (QED) is 0.200. The lowest BCUT2D eigenvalue weighted by Crippen LogP contribution is -2.37. The van der Waals surface area contributed by atoms with Gasteiger partial charge >= 0.3 is 6.18 Å². The van der Waals surface area contributed by atoms with Crippen LogP contribution in [0.3, 0.4) is 0 Å². The maximum atomic E-state index is 12.8. The molecule has 0 aromatic carbocycles. The number of guanidine groups is 1. The summed E-state index contributed by atoms with van der Waals surface area (Å²) in [5.74, 6) is 0.399. The molecule has 0 bridgehead atoms. The van der Waals surface area contributed by atoms with Crippen molar-refractivity contribution in [1.29, 1.82) is 0 Å². The summed E-state index contributed by atoms with van der Waals surface area (Å²) in [6, 6.07) is 2.25. The van der Waals surface area contributed by atoms with E-state index in [9.17, 15) is 13.2 Å². The van der Waals surface area contributed by atoms with Gasteiger partial charge in [-0.15, -0.1) is 30.6 Å². The van der Waals surface area contributed by atoms with Gasteiger partial charge in [0.25, 0.3) is 0 Å². The molecule has 1 rings (SSSR count). The first kappa shape index (κ1) is 21.5. The van der Waals surface area contributed by atoms with Crippen molar-refractivity contribution in [3.8, 4) is 0 Å². The van der Waals surface area contributed by atoms with Crippen molar-refractivity contribution in [2.45, 2.75) is 13.1 Å². The molecule has 0 fully saturated rings. The molecule has 0 unspecified atom stereocenters. The standard InChI is InChI=1S/C14H20F3N5.HI/c1-3-7-21-13(18-4-2)22-10-9-20-12-11(14(15,16)17)6-5-8-19-12;/h3,5-6,8H,1,4,7,9-10H2,2H3,(H,19,20)(H2,18,21,22);1H. The van der Waals surface area contributed by atoms with Crippen molar-refractivity contribution >= 4 is 35.8 Å². The highest BCUT2D eigenvalue weighted by atomic mass is 127. The van der Waals surface area contributed by atoms with Crippen LogP contribution in [-0.4, -0.2) is 37.1 Å². The Morgan fingerprint density at radius 1 is 1.39 bits per heavy atom. The van der Waals surface area contributed by atoms with E-state index in [1.54, 1.807) is 6.08 Å². The third kappa shape index (κ3) is 8.05. The Balaban J connectivity index is 0.00000484. The first-order valence-corrected chi connectivity index (χ1v) is 6.88. The molecule has 0 saturated heterocycles. The second-order valence-corrected chi connectivity index (χ2v) is 4.25. The number of hydrogen-bond donors (Lipinski definition) is 3. The number of aliphatic imine (C=N–C) groups is 1. The fraction of sp³-hybridized carbons (Fsp3) is 0.429. The molecule has 1 aromatic rings. The van der Waals surface area contributed by atoms with Gasteiger partial charge in [0.15, 0.2) is 5.96 Å². The minimum absolute atomic E-state index is 0. The van der Waals surface area contributed by atoms with Gasteiger partial charge in [-0.1, -0.05) is 6.08 Å². The maximum Gasteiger partial charge on any atom is 0.419 e. The van der Waals surface area contributed by atoms with Crippen LogP contribution in [0.25, 0.3) is 0 Å². The number of nitrogens with one attached hydrogen (secondary N) is 3. The molecule has 0 amide bonds. The fourth-order valence-corrected chi connectivity index (χ4v) is 1.63. The Bertz CT molecular complexity index is 505. The van der Waals surface area contributed by atoms with Gasteiger partial charge in [0.05, 0.1) is 12.1 Å². The van der Waals surface area contributed by atoms with Crippen LogP contribution >= 0.6 is 24.0 Å². The smallest absolute Gasteiger partial charge is 0.368 e. The number of halogens is 4. The number of hydrogen-bond acceptors (Lipinski definition) is 3. The van der Waals surface area contributed by atoms with E-state index in [0.29, 0.717) is 25.6 Å². The summed E-state index contributed by atoms with van der Waals surface area (Å²) < 4.78 is 38.4. The Hall–Kier alpha value is -1.52. The summed E-state index contributed by atoms with van der Waals surface area (Å²) in [4.78, 5) is 7.96. The van der Waals surface area contributed by atoms with Gasteiger partial charge in [-0.2, -0.15) is 13.2 Å². The largest absolute Gasteiger partial charge is 0.419 e. The van der Waals surface area contributed by atoms with Gasteiger partial charge in [-0.05, 0) is 19.1 Å². The predicted molar refractivity (Wildman–Crippen MR) is 97.3 cm³/mol.